The van der Waals surface area contributed by atoms with Gasteiger partial charge >= 0.3 is 0 Å². The molecule has 4 nitrogen and oxygen atoms in total. The van der Waals surface area contributed by atoms with Gasteiger partial charge in [-0.25, -0.2) is 0 Å². The van der Waals surface area contributed by atoms with Gasteiger partial charge in [-0.1, -0.05) is 12.1 Å². The van der Waals surface area contributed by atoms with Crippen LogP contribution in [0.4, 0.5) is 11.4 Å². The number of rotatable bonds is 4. The molecular weight excluding hydrogens is 320 g/mol. The van der Waals surface area contributed by atoms with Gasteiger partial charge < -0.3 is 15.8 Å². The summed E-state index contributed by atoms with van der Waals surface area (Å²) < 4.78 is 5.94. The number of nitrogens with one attached hydrogen (secondary N) is 1. The lowest BCUT2D eigenvalue weighted by molar-refractivity contribution is -0.115. The van der Waals surface area contributed by atoms with E-state index >= 15 is 0 Å². The molecule has 0 aliphatic carbocycles. The van der Waals surface area contributed by atoms with E-state index in [9.17, 15) is 4.79 Å². The number of hydrogen-bond acceptors (Lipinski definition) is 3. The van der Waals surface area contributed by atoms with Gasteiger partial charge in [0.05, 0.1) is 19.2 Å². The first kappa shape index (κ1) is 14.4. The Bertz CT molecular complexity index is 629. The highest BCUT2D eigenvalue weighted by Crippen LogP contribution is 2.27. The lowest BCUT2D eigenvalue weighted by Gasteiger charge is -2.09. The Morgan fingerprint density at radius 3 is 2.80 bits per heavy atom. The van der Waals surface area contributed by atoms with E-state index < -0.39 is 0 Å². The molecule has 0 radical (unpaired) electrons. The minimum Gasteiger partial charge on any atom is -0.497 e. The summed E-state index contributed by atoms with van der Waals surface area (Å²) in [5.41, 5.74) is 7.90. The van der Waals surface area contributed by atoms with E-state index in [0.717, 1.165) is 10.0 Å². The van der Waals surface area contributed by atoms with Gasteiger partial charge in [0.25, 0.3) is 0 Å². The van der Waals surface area contributed by atoms with Crippen molar-refractivity contribution in [2.45, 2.75) is 6.42 Å². The highest BCUT2D eigenvalue weighted by atomic mass is 79.9. The van der Waals surface area contributed by atoms with Crippen molar-refractivity contribution in [3.63, 3.8) is 0 Å². The first-order valence-corrected chi connectivity index (χ1v) is 6.85. The summed E-state index contributed by atoms with van der Waals surface area (Å²) in [4.78, 5) is 12.0. The zero-order chi connectivity index (χ0) is 14.5. The Labute approximate surface area is 126 Å². The summed E-state index contributed by atoms with van der Waals surface area (Å²) in [6.45, 7) is 0. The van der Waals surface area contributed by atoms with Gasteiger partial charge in [-0.15, -0.1) is 0 Å². The van der Waals surface area contributed by atoms with Crippen molar-refractivity contribution in [3.05, 3.63) is 52.5 Å². The van der Waals surface area contributed by atoms with Crippen LogP contribution in [-0.4, -0.2) is 13.0 Å². The summed E-state index contributed by atoms with van der Waals surface area (Å²) in [6, 6.07) is 12.7. The number of halogens is 1. The summed E-state index contributed by atoms with van der Waals surface area (Å²) in [5.74, 6) is 0.581. The Morgan fingerprint density at radius 2 is 2.10 bits per heavy atom. The third-order valence-corrected chi connectivity index (χ3v) is 3.45. The fourth-order valence-corrected chi connectivity index (χ4v) is 2.16. The highest BCUT2D eigenvalue weighted by Gasteiger charge is 2.08. The van der Waals surface area contributed by atoms with Crippen LogP contribution in [0.5, 0.6) is 5.75 Å². The molecule has 0 aliphatic heterocycles. The van der Waals surface area contributed by atoms with Crippen LogP contribution in [0.1, 0.15) is 5.56 Å². The van der Waals surface area contributed by atoms with Crippen LogP contribution in [0.3, 0.4) is 0 Å². The quantitative estimate of drug-likeness (QED) is 0.843. The normalized spacial score (nSPS) is 10.1. The minimum absolute atomic E-state index is 0.107. The summed E-state index contributed by atoms with van der Waals surface area (Å²) in [5, 5.41) is 2.85. The molecule has 0 bridgehead atoms. The van der Waals surface area contributed by atoms with Crippen LogP contribution in [0.2, 0.25) is 0 Å². The van der Waals surface area contributed by atoms with E-state index in [1.54, 1.807) is 25.3 Å². The molecule has 0 aromatic heterocycles. The molecule has 0 atom stereocenters. The van der Waals surface area contributed by atoms with Crippen LogP contribution >= 0.6 is 15.9 Å². The van der Waals surface area contributed by atoms with E-state index in [2.05, 4.69) is 21.2 Å². The Kier molecular flexibility index (Phi) is 4.63. The zero-order valence-corrected chi connectivity index (χ0v) is 12.6. The molecule has 0 saturated carbocycles. The topological polar surface area (TPSA) is 64.3 Å². The van der Waals surface area contributed by atoms with Crippen LogP contribution in [-0.2, 0) is 11.2 Å². The largest absolute Gasteiger partial charge is 0.497 e. The van der Waals surface area contributed by atoms with Crippen molar-refractivity contribution in [1.82, 2.24) is 0 Å². The standard InChI is InChI=1S/C15H15BrN2O2/c1-20-12-5-6-13(16)14(9-12)18-15(19)8-10-3-2-4-11(17)7-10/h2-7,9H,8,17H2,1H3,(H,18,19). The zero-order valence-electron chi connectivity index (χ0n) is 11.0. The molecule has 20 heavy (non-hydrogen) atoms. The lowest BCUT2D eigenvalue weighted by atomic mass is 10.1. The molecule has 3 N–H and O–H groups in total. The molecule has 2 aromatic carbocycles. The van der Waals surface area contributed by atoms with Gasteiger partial charge in [-0.2, -0.15) is 0 Å². The second-order valence-corrected chi connectivity index (χ2v) is 5.17. The lowest BCUT2D eigenvalue weighted by Crippen LogP contribution is -2.14. The van der Waals surface area contributed by atoms with E-state index in [1.165, 1.54) is 0 Å². The fourth-order valence-electron chi connectivity index (χ4n) is 1.81. The fraction of sp³-hybridized carbons (Fsp3) is 0.133. The van der Waals surface area contributed by atoms with E-state index in [1.807, 2.05) is 24.3 Å². The molecule has 2 aromatic rings. The molecule has 1 amide bonds. The number of anilines is 2. The van der Waals surface area contributed by atoms with E-state index in [-0.39, 0.29) is 12.3 Å². The van der Waals surface area contributed by atoms with Crippen LogP contribution in [0.25, 0.3) is 0 Å². The van der Waals surface area contributed by atoms with Crippen molar-refractivity contribution in [3.8, 4) is 5.75 Å². The summed E-state index contributed by atoms with van der Waals surface area (Å²) in [6.07, 6.45) is 0.273. The number of methoxy groups -OCH3 is 1. The number of nitrogen functional groups attached to an aromatic ring is 1. The maximum absolute atomic E-state index is 12.0. The SMILES string of the molecule is COc1ccc(Br)c(NC(=O)Cc2cccc(N)c2)c1. The predicted octanol–water partition coefficient (Wildman–Crippen LogP) is 3.22. The maximum atomic E-state index is 12.0. The Balaban J connectivity index is 2.08. The van der Waals surface area contributed by atoms with Gasteiger partial charge in [0.15, 0.2) is 0 Å². The smallest absolute Gasteiger partial charge is 0.228 e. The van der Waals surface area contributed by atoms with E-state index in [0.29, 0.717) is 17.1 Å². The molecule has 0 unspecified atom stereocenters. The second-order valence-electron chi connectivity index (χ2n) is 4.32. The molecule has 2 rings (SSSR count). The second kappa shape index (κ2) is 6.43. The van der Waals surface area contributed by atoms with Gasteiger partial charge in [0, 0.05) is 16.2 Å². The predicted molar refractivity (Wildman–Crippen MR) is 83.9 cm³/mol. The minimum atomic E-state index is -0.107. The average Bonchev–Trinajstić information content (AvgIpc) is 2.41. The van der Waals surface area contributed by atoms with Gasteiger partial charge in [-0.05, 0) is 45.8 Å². The number of hydrogen-bond donors (Lipinski definition) is 2. The monoisotopic (exact) mass is 334 g/mol. The number of carbonyl (C=O) groups excluding carboxylic acids is 1. The van der Waals surface area contributed by atoms with Crippen molar-refractivity contribution < 1.29 is 9.53 Å². The molecule has 0 spiro atoms. The molecule has 104 valence electrons. The van der Waals surface area contributed by atoms with Crippen LogP contribution in [0.15, 0.2) is 46.9 Å². The Morgan fingerprint density at radius 1 is 1.30 bits per heavy atom. The molecule has 0 heterocycles. The van der Waals surface area contributed by atoms with Gasteiger partial charge in [-0.3, -0.25) is 4.79 Å². The first-order valence-electron chi connectivity index (χ1n) is 6.06. The maximum Gasteiger partial charge on any atom is 0.228 e. The number of benzene rings is 2. The van der Waals surface area contributed by atoms with Crippen molar-refractivity contribution in [2.75, 3.05) is 18.2 Å². The summed E-state index contributed by atoms with van der Waals surface area (Å²) in [7, 11) is 1.58. The van der Waals surface area contributed by atoms with Crippen LogP contribution in [0, 0.1) is 0 Å². The highest BCUT2D eigenvalue weighted by molar-refractivity contribution is 9.10. The van der Waals surface area contributed by atoms with E-state index in [4.69, 9.17) is 10.5 Å². The average molecular weight is 335 g/mol. The van der Waals surface area contributed by atoms with Crippen LogP contribution < -0.4 is 15.8 Å². The third kappa shape index (κ3) is 3.74. The first-order chi connectivity index (χ1) is 9.58. The third-order valence-electron chi connectivity index (χ3n) is 2.76. The molecule has 0 aliphatic rings. The molecule has 0 fully saturated rings. The number of ether oxygens (including phenoxy) is 1. The van der Waals surface area contributed by atoms with Gasteiger partial charge in [0.2, 0.25) is 5.91 Å². The number of nitrogens with two attached hydrogens (primary N) is 1. The van der Waals surface area contributed by atoms with Crippen molar-refractivity contribution in [1.29, 1.82) is 0 Å². The molecule has 0 saturated heterocycles. The van der Waals surface area contributed by atoms with Crippen molar-refractivity contribution >= 4 is 33.2 Å². The van der Waals surface area contributed by atoms with Crippen molar-refractivity contribution in [2.24, 2.45) is 0 Å². The molecule has 5 heteroatoms. The number of amides is 1. The molecular formula is C15H15BrN2O2. The number of carbonyl (C=O) groups is 1. The Hall–Kier alpha value is -2.01. The van der Waals surface area contributed by atoms with Gasteiger partial charge in [0.1, 0.15) is 5.75 Å². The summed E-state index contributed by atoms with van der Waals surface area (Å²) >= 11 is 3.39.